The summed E-state index contributed by atoms with van der Waals surface area (Å²) in [6, 6.07) is 11.7. The largest absolute Gasteiger partial charge is 0.167 e. The molecule has 0 saturated carbocycles. The Hall–Kier alpha value is -1.31. The van der Waals surface area contributed by atoms with Crippen molar-refractivity contribution in [2.24, 2.45) is 0 Å². The van der Waals surface area contributed by atoms with Crippen LogP contribution < -0.4 is 0 Å². The predicted molar refractivity (Wildman–Crippen MR) is 134 cm³/mol. The fraction of sp³-hybridized carbons (Fsp3) is 0.481. The minimum atomic E-state index is -1.89. The molecule has 0 saturated heterocycles. The molecule has 156 valence electrons. The fourth-order valence-corrected chi connectivity index (χ4v) is 7.99. The van der Waals surface area contributed by atoms with Gasteiger partial charge in [0.25, 0.3) is 0 Å². The molecule has 29 heavy (non-hydrogen) atoms. The molecule has 1 atom stereocenters. The van der Waals surface area contributed by atoms with Crippen LogP contribution in [0, 0.1) is 6.92 Å². The van der Waals surface area contributed by atoms with Crippen molar-refractivity contribution >= 4 is 24.5 Å². The van der Waals surface area contributed by atoms with E-state index in [0.717, 1.165) is 0 Å². The summed E-state index contributed by atoms with van der Waals surface area (Å²) in [5.74, 6) is 0. The summed E-state index contributed by atoms with van der Waals surface area (Å²) in [6.07, 6.45) is 2.41. The van der Waals surface area contributed by atoms with Gasteiger partial charge >= 0.3 is 0 Å². The molecule has 0 fully saturated rings. The van der Waals surface area contributed by atoms with Crippen LogP contribution >= 0.6 is 11.1 Å². The molecule has 0 N–H and O–H groups in total. The lowest BCUT2D eigenvalue weighted by Crippen LogP contribution is -2.28. The first kappa shape index (κ1) is 22.4. The quantitative estimate of drug-likeness (QED) is 0.333. The summed E-state index contributed by atoms with van der Waals surface area (Å²) >= 11 is 7.04. The van der Waals surface area contributed by atoms with Crippen molar-refractivity contribution in [3.05, 3.63) is 63.7 Å². The zero-order valence-electron chi connectivity index (χ0n) is 19.9. The Morgan fingerprint density at radius 1 is 0.862 bits per heavy atom. The van der Waals surface area contributed by atoms with E-state index in [0.29, 0.717) is 5.54 Å². The summed E-state index contributed by atoms with van der Waals surface area (Å²) in [4.78, 5) is 0. The molecule has 0 amide bonds. The van der Waals surface area contributed by atoms with Crippen LogP contribution in [0.25, 0.3) is 17.2 Å². The smallest absolute Gasteiger partial charge is 0.161 e. The van der Waals surface area contributed by atoms with Gasteiger partial charge in [-0.3, -0.25) is 0 Å². The van der Waals surface area contributed by atoms with Crippen molar-refractivity contribution in [2.45, 2.75) is 84.9 Å². The first-order valence-electron chi connectivity index (χ1n) is 10.8. The van der Waals surface area contributed by atoms with Crippen LogP contribution in [0.2, 0.25) is 13.1 Å². The van der Waals surface area contributed by atoms with E-state index in [-0.39, 0.29) is 10.8 Å². The van der Waals surface area contributed by atoms with E-state index < -0.39 is 7.38 Å². The van der Waals surface area contributed by atoms with Crippen molar-refractivity contribution in [1.29, 1.82) is 0 Å². The molecule has 1 aliphatic carbocycles. The van der Waals surface area contributed by atoms with Gasteiger partial charge in [-0.15, -0.1) is 0 Å². The molecule has 0 bridgehead atoms. The molecular formula is C27H37ClSi. The van der Waals surface area contributed by atoms with Gasteiger partial charge in [-0.1, -0.05) is 96.6 Å². The molecule has 1 aliphatic rings. The minimum absolute atomic E-state index is 0.0955. The molecule has 2 aromatic rings. The third-order valence-electron chi connectivity index (χ3n) is 6.33. The highest BCUT2D eigenvalue weighted by atomic mass is 35.6. The Bertz CT molecular complexity index is 958. The highest BCUT2D eigenvalue weighted by molar-refractivity contribution is 7.20. The zero-order chi connectivity index (χ0) is 21.9. The van der Waals surface area contributed by atoms with E-state index in [1.54, 1.807) is 0 Å². The van der Waals surface area contributed by atoms with Crippen LogP contribution in [0.1, 0.15) is 81.8 Å². The third kappa shape index (κ3) is 4.14. The minimum Gasteiger partial charge on any atom is -0.167 e. The van der Waals surface area contributed by atoms with E-state index in [9.17, 15) is 0 Å². The molecule has 0 aromatic heterocycles. The molecule has 0 nitrogen and oxygen atoms in total. The highest BCUT2D eigenvalue weighted by Gasteiger charge is 2.39. The Morgan fingerprint density at radius 2 is 1.41 bits per heavy atom. The van der Waals surface area contributed by atoms with E-state index in [1.807, 2.05) is 0 Å². The average Bonchev–Trinajstić information content (AvgIpc) is 2.88. The maximum Gasteiger partial charge on any atom is 0.161 e. The number of hydrogen-bond donors (Lipinski definition) is 0. The lowest BCUT2D eigenvalue weighted by atomic mass is 9.78. The van der Waals surface area contributed by atoms with E-state index in [1.165, 1.54) is 44.5 Å². The number of rotatable bonds is 2. The Kier molecular flexibility index (Phi) is 5.50. The summed E-state index contributed by atoms with van der Waals surface area (Å²) in [6.45, 7) is 22.9. The van der Waals surface area contributed by atoms with E-state index >= 15 is 0 Å². The average molecular weight is 425 g/mol. The molecule has 0 spiro atoms. The summed E-state index contributed by atoms with van der Waals surface area (Å²) in [7, 11) is -1.89. The predicted octanol–water partition coefficient (Wildman–Crippen LogP) is 8.74. The van der Waals surface area contributed by atoms with Gasteiger partial charge in [-0.2, -0.15) is 11.1 Å². The number of fused-ring (bicyclic) bond motifs is 1. The topological polar surface area (TPSA) is 0 Å². The van der Waals surface area contributed by atoms with Crippen molar-refractivity contribution in [3.63, 3.8) is 0 Å². The van der Waals surface area contributed by atoms with Gasteiger partial charge in [-0.25, -0.2) is 0 Å². The lowest BCUT2D eigenvalue weighted by molar-refractivity contribution is 0.585. The van der Waals surface area contributed by atoms with Crippen LogP contribution in [0.3, 0.4) is 0 Å². The summed E-state index contributed by atoms with van der Waals surface area (Å²) < 4.78 is 0. The molecular weight excluding hydrogens is 388 g/mol. The molecule has 3 rings (SSSR count). The maximum absolute atomic E-state index is 7.04. The molecule has 1 unspecified atom stereocenters. The Balaban J connectivity index is 2.31. The number of hydrogen-bond acceptors (Lipinski definition) is 0. The van der Waals surface area contributed by atoms with Crippen LogP contribution in [0.5, 0.6) is 0 Å². The first-order chi connectivity index (χ1) is 13.1. The second-order valence-corrected chi connectivity index (χ2v) is 18.0. The van der Waals surface area contributed by atoms with Crippen molar-refractivity contribution < 1.29 is 0 Å². The molecule has 2 aromatic carbocycles. The summed E-state index contributed by atoms with van der Waals surface area (Å²) in [5.41, 5.74) is 11.8. The fourth-order valence-electron chi connectivity index (χ4n) is 4.97. The van der Waals surface area contributed by atoms with Gasteiger partial charge in [0.15, 0.2) is 7.38 Å². The Morgan fingerprint density at radius 3 is 1.86 bits per heavy atom. The SMILES string of the molecule is CC1=Cc2c(cc(C(C)(C)C)c(C)c2-c2ccc(C(C)(C)C)cc2)C1[Si](C)(C)Cl. The van der Waals surface area contributed by atoms with Gasteiger partial charge in [0.05, 0.1) is 0 Å². The van der Waals surface area contributed by atoms with Crippen LogP contribution in [0.15, 0.2) is 35.9 Å². The highest BCUT2D eigenvalue weighted by Crippen LogP contribution is 2.49. The van der Waals surface area contributed by atoms with Crippen molar-refractivity contribution in [2.75, 3.05) is 0 Å². The molecule has 0 heterocycles. The first-order valence-corrected chi connectivity index (χ1v) is 14.9. The zero-order valence-corrected chi connectivity index (χ0v) is 21.7. The van der Waals surface area contributed by atoms with Crippen molar-refractivity contribution in [1.82, 2.24) is 0 Å². The second-order valence-electron chi connectivity index (χ2n) is 11.4. The molecule has 0 radical (unpaired) electrons. The van der Waals surface area contributed by atoms with Crippen LogP contribution in [0.4, 0.5) is 0 Å². The normalized spacial score (nSPS) is 17.3. The van der Waals surface area contributed by atoms with Gasteiger partial charge < -0.3 is 0 Å². The number of allylic oxidation sites excluding steroid dienone is 1. The monoisotopic (exact) mass is 424 g/mol. The van der Waals surface area contributed by atoms with Gasteiger partial charge in [-0.05, 0) is 63.6 Å². The molecule has 0 aliphatic heterocycles. The van der Waals surface area contributed by atoms with Gasteiger partial charge in [0, 0.05) is 5.54 Å². The maximum atomic E-state index is 7.04. The Labute approximate surface area is 184 Å². The number of halogens is 1. The number of benzene rings is 2. The van der Waals surface area contributed by atoms with E-state index in [4.69, 9.17) is 11.1 Å². The van der Waals surface area contributed by atoms with E-state index in [2.05, 4.69) is 105 Å². The van der Waals surface area contributed by atoms with Crippen LogP contribution in [-0.4, -0.2) is 7.38 Å². The third-order valence-corrected chi connectivity index (χ3v) is 9.13. The molecule has 2 heteroatoms. The van der Waals surface area contributed by atoms with Crippen molar-refractivity contribution in [3.8, 4) is 11.1 Å². The van der Waals surface area contributed by atoms with Gasteiger partial charge in [0.2, 0.25) is 0 Å². The second kappa shape index (κ2) is 7.13. The lowest BCUT2D eigenvalue weighted by Gasteiger charge is -2.30. The van der Waals surface area contributed by atoms with Crippen LogP contribution in [-0.2, 0) is 10.8 Å². The van der Waals surface area contributed by atoms with Gasteiger partial charge in [0.1, 0.15) is 0 Å². The summed E-state index contributed by atoms with van der Waals surface area (Å²) in [5, 5.41) is 0. The standard InChI is InChI=1S/C27H37ClSi/c1-17-15-21-22(25(17)29(9,10)28)16-23(27(6,7)8)18(2)24(21)19-11-13-20(14-12-19)26(3,4)5/h11-16,25H,1-10H3.